The summed E-state index contributed by atoms with van der Waals surface area (Å²) in [6.07, 6.45) is 3.53. The van der Waals surface area contributed by atoms with Crippen molar-refractivity contribution in [3.8, 4) is 0 Å². The van der Waals surface area contributed by atoms with Crippen molar-refractivity contribution < 1.29 is 19.4 Å². The van der Waals surface area contributed by atoms with E-state index < -0.39 is 24.0 Å². The maximum absolute atomic E-state index is 12.9. The van der Waals surface area contributed by atoms with Gasteiger partial charge in [0.2, 0.25) is 0 Å². The summed E-state index contributed by atoms with van der Waals surface area (Å²) in [5, 5.41) is 12.2. The lowest BCUT2D eigenvalue weighted by molar-refractivity contribution is -0.146. The SMILES string of the molecule is O=C(O)[C@H](Cc1ccccc1)NC(=O)[C@@H](OC1CCCC1)c1ccccc1. The molecule has 0 saturated heterocycles. The van der Waals surface area contributed by atoms with E-state index in [1.54, 1.807) is 0 Å². The van der Waals surface area contributed by atoms with Crippen molar-refractivity contribution in [2.45, 2.75) is 50.4 Å². The number of carboxylic acids is 1. The maximum atomic E-state index is 12.9. The Morgan fingerprint density at radius 1 is 1.00 bits per heavy atom. The Kier molecular flexibility index (Phi) is 6.60. The van der Waals surface area contributed by atoms with Crippen LogP contribution >= 0.6 is 0 Å². The third-order valence-corrected chi connectivity index (χ3v) is 4.87. The summed E-state index contributed by atoms with van der Waals surface area (Å²) in [5.74, 6) is -1.46. The van der Waals surface area contributed by atoms with Gasteiger partial charge in [-0.25, -0.2) is 4.79 Å². The summed E-state index contributed by atoms with van der Waals surface area (Å²) in [4.78, 5) is 24.6. The van der Waals surface area contributed by atoms with Gasteiger partial charge in [0.15, 0.2) is 6.10 Å². The van der Waals surface area contributed by atoms with E-state index >= 15 is 0 Å². The molecule has 1 amide bonds. The molecule has 2 atom stereocenters. The average Bonchev–Trinajstić information content (AvgIpc) is 3.20. The molecule has 1 aliphatic rings. The fourth-order valence-electron chi connectivity index (χ4n) is 3.43. The Labute approximate surface area is 159 Å². The van der Waals surface area contributed by atoms with Crippen LogP contribution in [0.4, 0.5) is 0 Å². The molecule has 3 rings (SSSR count). The molecule has 142 valence electrons. The predicted molar refractivity (Wildman–Crippen MR) is 102 cm³/mol. The van der Waals surface area contributed by atoms with Crippen LogP contribution in [0.5, 0.6) is 0 Å². The van der Waals surface area contributed by atoms with E-state index in [2.05, 4.69) is 5.32 Å². The van der Waals surface area contributed by atoms with Gasteiger partial charge in [0.1, 0.15) is 6.04 Å². The second-order valence-electron chi connectivity index (χ2n) is 6.92. The highest BCUT2D eigenvalue weighted by Crippen LogP contribution is 2.28. The summed E-state index contributed by atoms with van der Waals surface area (Å²) in [6, 6.07) is 17.5. The number of carbonyl (C=O) groups excluding carboxylic acids is 1. The quantitative estimate of drug-likeness (QED) is 0.749. The van der Waals surface area contributed by atoms with E-state index in [4.69, 9.17) is 4.74 Å². The number of hydrogen-bond donors (Lipinski definition) is 2. The number of carboxylic acid groups (broad SMARTS) is 1. The van der Waals surface area contributed by atoms with E-state index in [1.807, 2.05) is 60.7 Å². The highest BCUT2D eigenvalue weighted by Gasteiger charge is 2.30. The molecule has 2 N–H and O–H groups in total. The number of nitrogens with one attached hydrogen (secondary N) is 1. The van der Waals surface area contributed by atoms with E-state index in [0.29, 0.717) is 0 Å². The molecule has 1 fully saturated rings. The molecule has 0 unspecified atom stereocenters. The lowest BCUT2D eigenvalue weighted by Gasteiger charge is -2.24. The van der Waals surface area contributed by atoms with Crippen LogP contribution in [-0.2, 0) is 20.7 Å². The molecule has 1 saturated carbocycles. The highest BCUT2D eigenvalue weighted by molar-refractivity contribution is 5.87. The first-order valence-corrected chi connectivity index (χ1v) is 9.41. The maximum Gasteiger partial charge on any atom is 0.326 e. The predicted octanol–water partition coefficient (Wildman–Crippen LogP) is 3.50. The summed E-state index contributed by atoms with van der Waals surface area (Å²) in [5.41, 5.74) is 1.60. The number of rotatable bonds is 8. The second kappa shape index (κ2) is 9.33. The van der Waals surface area contributed by atoms with Gasteiger partial charge >= 0.3 is 5.97 Å². The minimum Gasteiger partial charge on any atom is -0.480 e. The van der Waals surface area contributed by atoms with Gasteiger partial charge in [0, 0.05) is 6.42 Å². The monoisotopic (exact) mass is 367 g/mol. The van der Waals surface area contributed by atoms with Gasteiger partial charge in [-0.05, 0) is 24.0 Å². The van der Waals surface area contributed by atoms with Crippen LogP contribution in [0.3, 0.4) is 0 Å². The number of amides is 1. The number of ether oxygens (including phenoxy) is 1. The van der Waals surface area contributed by atoms with Gasteiger partial charge in [0.25, 0.3) is 5.91 Å². The molecule has 5 heteroatoms. The van der Waals surface area contributed by atoms with Crippen molar-refractivity contribution in [3.63, 3.8) is 0 Å². The average molecular weight is 367 g/mol. The summed E-state index contributed by atoms with van der Waals surface area (Å²) < 4.78 is 6.09. The lowest BCUT2D eigenvalue weighted by Crippen LogP contribution is -2.45. The minimum atomic E-state index is -1.06. The number of hydrogen-bond acceptors (Lipinski definition) is 3. The topological polar surface area (TPSA) is 75.6 Å². The molecule has 0 heterocycles. The molecular formula is C22H25NO4. The van der Waals surface area contributed by atoms with Crippen molar-refractivity contribution in [1.82, 2.24) is 5.32 Å². The number of benzene rings is 2. The summed E-state index contributed by atoms with van der Waals surface area (Å²) >= 11 is 0. The van der Waals surface area contributed by atoms with Gasteiger partial charge in [0.05, 0.1) is 6.10 Å². The van der Waals surface area contributed by atoms with Crippen molar-refractivity contribution >= 4 is 11.9 Å². The normalized spacial score (nSPS) is 16.6. The molecule has 0 bridgehead atoms. The van der Waals surface area contributed by atoms with Crippen LogP contribution in [0.25, 0.3) is 0 Å². The molecule has 0 radical (unpaired) electrons. The van der Waals surface area contributed by atoms with E-state index in [-0.39, 0.29) is 12.5 Å². The molecule has 0 aromatic heterocycles. The molecule has 0 spiro atoms. The van der Waals surface area contributed by atoms with Crippen molar-refractivity contribution in [1.29, 1.82) is 0 Å². The third-order valence-electron chi connectivity index (χ3n) is 4.87. The number of carbonyl (C=O) groups is 2. The van der Waals surface area contributed by atoms with Gasteiger partial charge in [-0.1, -0.05) is 73.5 Å². The van der Waals surface area contributed by atoms with Crippen molar-refractivity contribution in [2.75, 3.05) is 0 Å². The fraction of sp³-hybridized carbons (Fsp3) is 0.364. The zero-order valence-electron chi connectivity index (χ0n) is 15.2. The zero-order valence-corrected chi connectivity index (χ0v) is 15.2. The third kappa shape index (κ3) is 5.41. The Bertz CT molecular complexity index is 741. The molecule has 0 aliphatic heterocycles. The van der Waals surface area contributed by atoms with Crippen LogP contribution in [0.2, 0.25) is 0 Å². The Morgan fingerprint density at radius 2 is 1.59 bits per heavy atom. The van der Waals surface area contributed by atoms with Gasteiger partial charge in [-0.15, -0.1) is 0 Å². The van der Waals surface area contributed by atoms with Crippen LogP contribution in [0.15, 0.2) is 60.7 Å². The number of aliphatic carboxylic acids is 1. The first-order chi connectivity index (χ1) is 13.1. The fourth-order valence-corrected chi connectivity index (χ4v) is 3.43. The second-order valence-corrected chi connectivity index (χ2v) is 6.92. The molecule has 2 aromatic carbocycles. The summed E-state index contributed by atoms with van der Waals surface area (Å²) in [6.45, 7) is 0. The van der Waals surface area contributed by atoms with Crippen LogP contribution in [-0.4, -0.2) is 29.1 Å². The zero-order chi connectivity index (χ0) is 19.1. The minimum absolute atomic E-state index is 0.0401. The van der Waals surface area contributed by atoms with Crippen LogP contribution in [0.1, 0.15) is 42.9 Å². The van der Waals surface area contributed by atoms with Crippen LogP contribution in [0, 0.1) is 0 Å². The Hall–Kier alpha value is -2.66. The lowest BCUT2D eigenvalue weighted by atomic mass is 10.0. The van der Waals surface area contributed by atoms with E-state index in [0.717, 1.165) is 36.8 Å². The molecule has 5 nitrogen and oxygen atoms in total. The summed E-state index contributed by atoms with van der Waals surface area (Å²) in [7, 11) is 0. The molecular weight excluding hydrogens is 342 g/mol. The van der Waals surface area contributed by atoms with Gasteiger partial charge in [-0.3, -0.25) is 4.79 Å². The van der Waals surface area contributed by atoms with E-state index in [1.165, 1.54) is 0 Å². The highest BCUT2D eigenvalue weighted by atomic mass is 16.5. The Balaban J connectivity index is 1.74. The molecule has 2 aromatic rings. The van der Waals surface area contributed by atoms with Gasteiger partial charge < -0.3 is 15.2 Å². The Morgan fingerprint density at radius 3 is 2.19 bits per heavy atom. The molecule has 1 aliphatic carbocycles. The molecule has 27 heavy (non-hydrogen) atoms. The van der Waals surface area contributed by atoms with Crippen molar-refractivity contribution in [3.05, 3.63) is 71.8 Å². The first-order valence-electron chi connectivity index (χ1n) is 9.41. The smallest absolute Gasteiger partial charge is 0.326 e. The van der Waals surface area contributed by atoms with E-state index in [9.17, 15) is 14.7 Å². The standard InChI is InChI=1S/C22H25NO4/c24-21(23-19(22(25)26)15-16-9-3-1-4-10-16)20(17-11-5-2-6-12-17)27-18-13-7-8-14-18/h1-6,9-12,18-20H,7-8,13-15H2,(H,23,24)(H,25,26)/t19-,20-/m0/s1. The first kappa shape index (κ1) is 19.1. The largest absolute Gasteiger partial charge is 0.480 e. The van der Waals surface area contributed by atoms with Crippen LogP contribution < -0.4 is 5.32 Å². The van der Waals surface area contributed by atoms with Crippen molar-refractivity contribution in [2.24, 2.45) is 0 Å². The van der Waals surface area contributed by atoms with Gasteiger partial charge in [-0.2, -0.15) is 0 Å².